The number of Topliss-reactive ketones (excluding diaryl/α,β-unsaturated/α-hetero) is 1. The van der Waals surface area contributed by atoms with Crippen LogP contribution in [0.4, 0.5) is 4.79 Å². The Morgan fingerprint density at radius 3 is 1.90 bits per heavy atom. The average molecular weight is 432 g/mol. The predicted octanol–water partition coefficient (Wildman–Crippen LogP) is 2.54. The number of piperazine rings is 1. The third kappa shape index (κ3) is 8.39. The Hall–Kier alpha value is -2.90. The van der Waals surface area contributed by atoms with Crippen LogP contribution in [0.25, 0.3) is 0 Å². The van der Waals surface area contributed by atoms with E-state index in [1.165, 1.54) is 0 Å². The SMILES string of the molecule is Cc1ccc(C(=O)CCC(=O)N2CCN(C(=O)CCNC(=O)OC(C)(C)C)CC2)cc1. The van der Waals surface area contributed by atoms with E-state index in [0.717, 1.165) is 5.56 Å². The maximum Gasteiger partial charge on any atom is 0.407 e. The zero-order valence-corrected chi connectivity index (χ0v) is 18.9. The molecule has 0 spiro atoms. The highest BCUT2D eigenvalue weighted by molar-refractivity contribution is 5.98. The number of aryl methyl sites for hydroxylation is 1. The highest BCUT2D eigenvalue weighted by Crippen LogP contribution is 2.11. The lowest BCUT2D eigenvalue weighted by atomic mass is 10.0. The molecule has 8 nitrogen and oxygen atoms in total. The molecular weight excluding hydrogens is 398 g/mol. The van der Waals surface area contributed by atoms with Crippen LogP contribution in [0.1, 0.15) is 56.0 Å². The van der Waals surface area contributed by atoms with Gasteiger partial charge in [-0.25, -0.2) is 4.79 Å². The number of carbonyl (C=O) groups is 4. The van der Waals surface area contributed by atoms with Gasteiger partial charge in [0.2, 0.25) is 11.8 Å². The topological polar surface area (TPSA) is 96.0 Å². The summed E-state index contributed by atoms with van der Waals surface area (Å²) in [5.74, 6) is -0.184. The Labute approximate surface area is 183 Å². The molecule has 1 aliphatic rings. The quantitative estimate of drug-likeness (QED) is 0.670. The summed E-state index contributed by atoms with van der Waals surface area (Å²) in [5.41, 5.74) is 1.12. The highest BCUT2D eigenvalue weighted by Gasteiger charge is 2.24. The van der Waals surface area contributed by atoms with Gasteiger partial charge in [0.15, 0.2) is 5.78 Å². The van der Waals surface area contributed by atoms with Gasteiger partial charge in [-0.15, -0.1) is 0 Å². The van der Waals surface area contributed by atoms with Gasteiger partial charge < -0.3 is 19.9 Å². The van der Waals surface area contributed by atoms with Crippen molar-refractivity contribution in [2.45, 2.75) is 52.6 Å². The first kappa shape index (κ1) is 24.4. The molecule has 8 heteroatoms. The minimum absolute atomic E-state index is 0.0420. The van der Waals surface area contributed by atoms with Crippen molar-refractivity contribution in [1.82, 2.24) is 15.1 Å². The van der Waals surface area contributed by atoms with E-state index in [-0.39, 0.29) is 43.4 Å². The van der Waals surface area contributed by atoms with Crippen molar-refractivity contribution in [2.24, 2.45) is 0 Å². The largest absolute Gasteiger partial charge is 0.444 e. The second kappa shape index (κ2) is 10.9. The summed E-state index contributed by atoms with van der Waals surface area (Å²) in [6, 6.07) is 7.33. The van der Waals surface area contributed by atoms with Crippen LogP contribution in [0.15, 0.2) is 24.3 Å². The molecule has 0 unspecified atom stereocenters. The zero-order valence-electron chi connectivity index (χ0n) is 18.9. The number of nitrogens with one attached hydrogen (secondary N) is 1. The number of ketones is 1. The fraction of sp³-hybridized carbons (Fsp3) is 0.565. The Kier molecular flexibility index (Phi) is 8.59. The zero-order chi connectivity index (χ0) is 23.0. The van der Waals surface area contributed by atoms with Crippen LogP contribution >= 0.6 is 0 Å². The molecule has 0 aromatic heterocycles. The smallest absolute Gasteiger partial charge is 0.407 e. The summed E-state index contributed by atoms with van der Waals surface area (Å²) in [5, 5.41) is 2.57. The summed E-state index contributed by atoms with van der Waals surface area (Å²) < 4.78 is 5.14. The second-order valence-electron chi connectivity index (χ2n) is 8.73. The van der Waals surface area contributed by atoms with E-state index in [4.69, 9.17) is 4.74 Å². The summed E-state index contributed by atoms with van der Waals surface area (Å²) in [6.45, 7) is 9.27. The van der Waals surface area contributed by atoms with Gasteiger partial charge in [0.25, 0.3) is 0 Å². The van der Waals surface area contributed by atoms with Crippen LogP contribution in [-0.2, 0) is 14.3 Å². The van der Waals surface area contributed by atoms with E-state index in [2.05, 4.69) is 5.32 Å². The molecule has 170 valence electrons. The van der Waals surface area contributed by atoms with Gasteiger partial charge in [-0.1, -0.05) is 29.8 Å². The van der Waals surface area contributed by atoms with Crippen molar-refractivity contribution in [3.05, 3.63) is 35.4 Å². The van der Waals surface area contributed by atoms with Gasteiger partial charge in [0, 0.05) is 57.5 Å². The lowest BCUT2D eigenvalue weighted by molar-refractivity contribution is -0.139. The van der Waals surface area contributed by atoms with Crippen molar-refractivity contribution in [1.29, 1.82) is 0 Å². The second-order valence-corrected chi connectivity index (χ2v) is 8.73. The Morgan fingerprint density at radius 1 is 0.871 bits per heavy atom. The van der Waals surface area contributed by atoms with E-state index in [1.807, 2.05) is 19.1 Å². The summed E-state index contributed by atoms with van der Waals surface area (Å²) in [7, 11) is 0. The molecule has 0 aliphatic carbocycles. The van der Waals surface area contributed by atoms with Crippen molar-refractivity contribution < 1.29 is 23.9 Å². The van der Waals surface area contributed by atoms with Crippen LogP contribution in [0.2, 0.25) is 0 Å². The number of hydrogen-bond donors (Lipinski definition) is 1. The Morgan fingerprint density at radius 2 is 1.39 bits per heavy atom. The number of ether oxygens (including phenoxy) is 1. The summed E-state index contributed by atoms with van der Waals surface area (Å²) in [6.07, 6.45) is -0.0216. The van der Waals surface area contributed by atoms with Gasteiger partial charge in [-0.05, 0) is 27.7 Å². The summed E-state index contributed by atoms with van der Waals surface area (Å²) in [4.78, 5) is 52.0. The first-order valence-corrected chi connectivity index (χ1v) is 10.7. The molecule has 0 bridgehead atoms. The van der Waals surface area contributed by atoms with Gasteiger partial charge >= 0.3 is 6.09 Å². The van der Waals surface area contributed by atoms with E-state index >= 15 is 0 Å². The Balaban J connectivity index is 1.67. The minimum atomic E-state index is -0.582. The first-order valence-electron chi connectivity index (χ1n) is 10.7. The van der Waals surface area contributed by atoms with Gasteiger partial charge in [0.1, 0.15) is 5.60 Å². The van der Waals surface area contributed by atoms with Crippen LogP contribution in [0.5, 0.6) is 0 Å². The molecule has 1 aromatic rings. The standard InChI is InChI=1S/C23H33N3O5/c1-17-5-7-18(8-6-17)19(27)9-10-20(28)25-13-15-26(16-14-25)21(29)11-12-24-22(30)31-23(2,3)4/h5-8H,9-16H2,1-4H3,(H,24,30). The molecule has 1 saturated heterocycles. The number of amides is 3. The number of nitrogens with zero attached hydrogens (tertiary/aromatic N) is 2. The monoisotopic (exact) mass is 431 g/mol. The average Bonchev–Trinajstić information content (AvgIpc) is 2.71. The molecular formula is C23H33N3O5. The predicted molar refractivity (Wildman–Crippen MR) is 117 cm³/mol. The lowest BCUT2D eigenvalue weighted by Gasteiger charge is -2.35. The van der Waals surface area contributed by atoms with E-state index in [9.17, 15) is 19.2 Å². The third-order valence-electron chi connectivity index (χ3n) is 4.93. The minimum Gasteiger partial charge on any atom is -0.444 e. The van der Waals surface area contributed by atoms with E-state index < -0.39 is 11.7 Å². The van der Waals surface area contributed by atoms with Crippen molar-refractivity contribution in [2.75, 3.05) is 32.7 Å². The van der Waals surface area contributed by atoms with E-state index in [0.29, 0.717) is 31.7 Å². The molecule has 1 aliphatic heterocycles. The molecule has 0 atom stereocenters. The maximum atomic E-state index is 12.4. The number of benzene rings is 1. The molecule has 1 aromatic carbocycles. The molecule has 31 heavy (non-hydrogen) atoms. The molecule has 1 fully saturated rings. The highest BCUT2D eigenvalue weighted by atomic mass is 16.6. The van der Waals surface area contributed by atoms with Gasteiger partial charge in [0.05, 0.1) is 0 Å². The molecule has 1 N–H and O–H groups in total. The molecule has 1 heterocycles. The van der Waals surface area contributed by atoms with Crippen LogP contribution in [0.3, 0.4) is 0 Å². The lowest BCUT2D eigenvalue weighted by Crippen LogP contribution is -2.51. The van der Waals surface area contributed by atoms with Gasteiger partial charge in [-0.2, -0.15) is 0 Å². The van der Waals surface area contributed by atoms with Gasteiger partial charge in [-0.3, -0.25) is 14.4 Å². The molecule has 0 saturated carbocycles. The maximum absolute atomic E-state index is 12.4. The van der Waals surface area contributed by atoms with Crippen LogP contribution in [-0.4, -0.2) is 71.8 Å². The summed E-state index contributed by atoms with van der Waals surface area (Å²) >= 11 is 0. The van der Waals surface area contributed by atoms with Crippen molar-refractivity contribution in [3.8, 4) is 0 Å². The number of carbonyl (C=O) groups excluding carboxylic acids is 4. The fourth-order valence-corrected chi connectivity index (χ4v) is 3.21. The van der Waals surface area contributed by atoms with Crippen LogP contribution in [0, 0.1) is 6.92 Å². The molecule has 0 radical (unpaired) electrons. The van der Waals surface area contributed by atoms with Crippen molar-refractivity contribution >= 4 is 23.7 Å². The number of alkyl carbamates (subject to hydrolysis) is 1. The van der Waals surface area contributed by atoms with E-state index in [1.54, 1.807) is 42.7 Å². The normalized spacial score (nSPS) is 14.2. The first-order chi connectivity index (χ1) is 14.5. The number of rotatable bonds is 7. The van der Waals surface area contributed by atoms with Crippen LogP contribution < -0.4 is 5.32 Å². The molecule has 2 rings (SSSR count). The number of hydrogen-bond acceptors (Lipinski definition) is 5. The molecule has 3 amide bonds. The fourth-order valence-electron chi connectivity index (χ4n) is 3.21. The van der Waals surface area contributed by atoms with Crippen molar-refractivity contribution in [3.63, 3.8) is 0 Å². The Bertz CT molecular complexity index is 790. The third-order valence-corrected chi connectivity index (χ3v) is 4.93.